The molecule has 10 heteroatoms. The van der Waals surface area contributed by atoms with Crippen LogP contribution in [-0.4, -0.2) is 31.1 Å². The second-order valence-corrected chi connectivity index (χ2v) is 11.6. The van der Waals surface area contributed by atoms with E-state index >= 15 is 0 Å². The zero-order chi connectivity index (χ0) is 33.5. The third-order valence-electron chi connectivity index (χ3n) is 7.42. The fourth-order valence-electron chi connectivity index (χ4n) is 4.92. The maximum absolute atomic E-state index is 13.5. The molecule has 1 aliphatic heterocycles. The molecular weight excluding hydrogens is 664 g/mol. The molecule has 0 bridgehead atoms. The molecule has 9 nitrogen and oxygen atoms in total. The Bertz CT molecular complexity index is 1840. The second-order valence-electron chi connectivity index (χ2n) is 10.8. The number of aryl methyl sites for hydroxylation is 2. The lowest BCUT2D eigenvalue weighted by atomic mass is 10.0. The number of ether oxygens (including phenoxy) is 4. The van der Waals surface area contributed by atoms with E-state index < -0.39 is 17.8 Å². The van der Waals surface area contributed by atoms with Crippen LogP contribution >= 0.6 is 15.9 Å². The molecule has 47 heavy (non-hydrogen) atoms. The maximum Gasteiger partial charge on any atom is 0.335 e. The number of urea groups is 1. The summed E-state index contributed by atoms with van der Waals surface area (Å²) in [6.45, 7) is 9.01. The lowest BCUT2D eigenvalue weighted by Gasteiger charge is -2.27. The molecule has 0 aromatic heterocycles. The van der Waals surface area contributed by atoms with Crippen molar-refractivity contribution in [1.29, 1.82) is 0 Å². The Hall–Kier alpha value is -5.09. The highest BCUT2D eigenvalue weighted by Crippen LogP contribution is 2.39. The summed E-state index contributed by atoms with van der Waals surface area (Å²) in [7, 11) is 0. The van der Waals surface area contributed by atoms with Crippen molar-refractivity contribution in [2.24, 2.45) is 0 Å². The van der Waals surface area contributed by atoms with Crippen molar-refractivity contribution >= 4 is 45.5 Å². The quantitative estimate of drug-likeness (QED) is 0.120. The summed E-state index contributed by atoms with van der Waals surface area (Å²) >= 11 is 3.57. The lowest BCUT2D eigenvalue weighted by Crippen LogP contribution is -2.54. The number of carbonyl (C=O) groups excluding carboxylic acids is 3. The van der Waals surface area contributed by atoms with E-state index in [-0.39, 0.29) is 12.2 Å². The van der Waals surface area contributed by atoms with Crippen LogP contribution in [0.25, 0.3) is 6.08 Å². The number of barbiturate groups is 1. The first kappa shape index (κ1) is 33.3. The SMILES string of the molecule is CCOc1cc(COc2c(Br)cc(/C=C3/C(=O)NC(=O)N(c4ccc(C)c(C)c4)C3=O)cc2OCC)ccc1OCc1ccccc1. The highest BCUT2D eigenvalue weighted by molar-refractivity contribution is 9.10. The molecule has 242 valence electrons. The molecule has 0 aliphatic carbocycles. The van der Waals surface area contributed by atoms with E-state index in [0.717, 1.165) is 27.2 Å². The number of hydrogen-bond donors (Lipinski definition) is 1. The Morgan fingerprint density at radius 3 is 2.17 bits per heavy atom. The van der Waals surface area contributed by atoms with Gasteiger partial charge in [0.2, 0.25) is 0 Å². The van der Waals surface area contributed by atoms with Crippen molar-refractivity contribution in [3.8, 4) is 23.0 Å². The summed E-state index contributed by atoms with van der Waals surface area (Å²) in [6.07, 6.45) is 1.43. The molecule has 4 aromatic rings. The van der Waals surface area contributed by atoms with Crippen molar-refractivity contribution < 1.29 is 33.3 Å². The number of nitrogens with zero attached hydrogens (tertiary/aromatic N) is 1. The van der Waals surface area contributed by atoms with Gasteiger partial charge in [-0.15, -0.1) is 0 Å². The van der Waals surface area contributed by atoms with E-state index in [1.807, 2.05) is 82.3 Å². The van der Waals surface area contributed by atoms with Crippen LogP contribution in [0.3, 0.4) is 0 Å². The van der Waals surface area contributed by atoms with Gasteiger partial charge in [0.25, 0.3) is 11.8 Å². The van der Waals surface area contributed by atoms with Gasteiger partial charge < -0.3 is 18.9 Å². The minimum Gasteiger partial charge on any atom is -0.490 e. The predicted octanol–water partition coefficient (Wildman–Crippen LogP) is 7.69. The van der Waals surface area contributed by atoms with Gasteiger partial charge in [-0.2, -0.15) is 0 Å². The molecule has 0 atom stereocenters. The Morgan fingerprint density at radius 1 is 0.723 bits per heavy atom. The van der Waals surface area contributed by atoms with Gasteiger partial charge in [-0.25, -0.2) is 9.69 Å². The summed E-state index contributed by atoms with van der Waals surface area (Å²) in [6, 6.07) is 23.4. The van der Waals surface area contributed by atoms with E-state index in [4.69, 9.17) is 18.9 Å². The monoisotopic (exact) mass is 698 g/mol. The van der Waals surface area contributed by atoms with Crippen LogP contribution in [0.4, 0.5) is 10.5 Å². The lowest BCUT2D eigenvalue weighted by molar-refractivity contribution is -0.122. The van der Waals surface area contributed by atoms with E-state index in [1.54, 1.807) is 24.3 Å². The zero-order valence-corrected chi connectivity index (χ0v) is 28.2. The average Bonchev–Trinajstić information content (AvgIpc) is 3.04. The minimum atomic E-state index is -0.802. The first-order chi connectivity index (χ1) is 22.7. The van der Waals surface area contributed by atoms with E-state index in [1.165, 1.54) is 6.08 Å². The van der Waals surface area contributed by atoms with Gasteiger partial charge in [0.15, 0.2) is 23.0 Å². The molecule has 0 spiro atoms. The standard InChI is InChI=1S/C37H35BrN2O7/c1-5-44-32-19-26(13-15-31(32)46-21-25-10-8-7-9-11-25)22-47-34-30(38)18-27(20-33(34)45-6-2)17-29-35(41)39-37(43)40(36(29)42)28-14-12-23(3)24(4)16-28/h7-20H,5-6,21-22H2,1-4H3,(H,39,41,43)/b29-17-. The topological polar surface area (TPSA) is 103 Å². The normalized spacial score (nSPS) is 13.9. The average molecular weight is 700 g/mol. The Kier molecular flexibility index (Phi) is 10.6. The number of rotatable bonds is 12. The highest BCUT2D eigenvalue weighted by atomic mass is 79.9. The Labute approximate surface area is 282 Å². The minimum absolute atomic E-state index is 0.191. The van der Waals surface area contributed by atoms with Gasteiger partial charge in [0, 0.05) is 0 Å². The van der Waals surface area contributed by atoms with E-state index in [0.29, 0.717) is 58.5 Å². The van der Waals surface area contributed by atoms with Gasteiger partial charge in [0.05, 0.1) is 23.4 Å². The smallest absolute Gasteiger partial charge is 0.335 e. The van der Waals surface area contributed by atoms with Crippen LogP contribution in [0.15, 0.2) is 88.9 Å². The maximum atomic E-state index is 13.5. The molecule has 1 N–H and O–H groups in total. The number of hydrogen-bond acceptors (Lipinski definition) is 7. The molecule has 1 heterocycles. The molecule has 0 radical (unpaired) electrons. The Balaban J connectivity index is 1.37. The van der Waals surface area contributed by atoms with Crippen LogP contribution < -0.4 is 29.2 Å². The van der Waals surface area contributed by atoms with Crippen molar-refractivity contribution in [3.63, 3.8) is 0 Å². The number of nitrogens with one attached hydrogen (secondary N) is 1. The second kappa shape index (κ2) is 15.0. The summed E-state index contributed by atoms with van der Waals surface area (Å²) in [5.74, 6) is 0.593. The van der Waals surface area contributed by atoms with Crippen molar-refractivity contribution in [1.82, 2.24) is 5.32 Å². The zero-order valence-electron chi connectivity index (χ0n) is 26.6. The van der Waals surface area contributed by atoms with Gasteiger partial charge >= 0.3 is 6.03 Å². The largest absolute Gasteiger partial charge is 0.490 e. The summed E-state index contributed by atoms with van der Waals surface area (Å²) < 4.78 is 24.6. The molecule has 1 saturated heterocycles. The molecule has 1 fully saturated rings. The van der Waals surface area contributed by atoms with Gasteiger partial charge in [0.1, 0.15) is 18.8 Å². The third kappa shape index (κ3) is 7.84. The number of carbonyl (C=O) groups is 3. The van der Waals surface area contributed by atoms with Crippen molar-refractivity contribution in [2.45, 2.75) is 40.9 Å². The van der Waals surface area contributed by atoms with Crippen LogP contribution in [0.1, 0.15) is 41.7 Å². The number of amides is 4. The summed E-state index contributed by atoms with van der Waals surface area (Å²) in [5.41, 5.74) is 4.51. The van der Waals surface area contributed by atoms with Crippen LogP contribution in [-0.2, 0) is 22.8 Å². The molecular formula is C37H35BrN2O7. The van der Waals surface area contributed by atoms with Gasteiger partial charge in [-0.3, -0.25) is 14.9 Å². The van der Waals surface area contributed by atoms with Crippen molar-refractivity contribution in [2.75, 3.05) is 18.1 Å². The molecule has 1 aliphatic rings. The Morgan fingerprint density at radius 2 is 1.45 bits per heavy atom. The third-order valence-corrected chi connectivity index (χ3v) is 8.01. The fraction of sp³-hybridized carbons (Fsp3) is 0.216. The number of imide groups is 2. The van der Waals surface area contributed by atoms with Gasteiger partial charge in [-0.05, 0) is 114 Å². The van der Waals surface area contributed by atoms with Crippen LogP contribution in [0.2, 0.25) is 0 Å². The fourth-order valence-corrected chi connectivity index (χ4v) is 5.49. The first-order valence-electron chi connectivity index (χ1n) is 15.2. The van der Waals surface area contributed by atoms with E-state index in [2.05, 4.69) is 21.2 Å². The molecule has 5 rings (SSSR count). The summed E-state index contributed by atoms with van der Waals surface area (Å²) in [4.78, 5) is 39.9. The molecule has 4 aromatic carbocycles. The molecule has 0 unspecified atom stereocenters. The number of benzene rings is 4. The number of anilines is 1. The van der Waals surface area contributed by atoms with Crippen LogP contribution in [0, 0.1) is 13.8 Å². The predicted molar refractivity (Wildman–Crippen MR) is 183 cm³/mol. The molecule has 4 amide bonds. The van der Waals surface area contributed by atoms with Crippen molar-refractivity contribution in [3.05, 3.63) is 117 Å². The highest BCUT2D eigenvalue weighted by Gasteiger charge is 2.37. The number of halogens is 1. The van der Waals surface area contributed by atoms with E-state index in [9.17, 15) is 14.4 Å². The van der Waals surface area contributed by atoms with Crippen LogP contribution in [0.5, 0.6) is 23.0 Å². The first-order valence-corrected chi connectivity index (χ1v) is 16.0. The molecule has 0 saturated carbocycles. The van der Waals surface area contributed by atoms with Gasteiger partial charge in [-0.1, -0.05) is 42.5 Å². The summed E-state index contributed by atoms with van der Waals surface area (Å²) in [5, 5.41) is 2.27.